The fourth-order valence-corrected chi connectivity index (χ4v) is 2.07. The predicted molar refractivity (Wildman–Crippen MR) is 76.7 cm³/mol. The summed E-state index contributed by atoms with van der Waals surface area (Å²) in [5.41, 5.74) is 6.30. The fraction of sp³-hybridized carbons (Fsp3) is 0.533. The van der Waals surface area contributed by atoms with Crippen LogP contribution in [0.4, 0.5) is 0 Å². The van der Waals surface area contributed by atoms with Crippen LogP contribution in [0.15, 0.2) is 24.3 Å². The summed E-state index contributed by atoms with van der Waals surface area (Å²) in [5.74, 6) is 0.413. The van der Waals surface area contributed by atoms with Gasteiger partial charge in [0.25, 0.3) is 0 Å². The Morgan fingerprint density at radius 2 is 1.68 bits per heavy atom. The standard InChI is InChI=1S/C15H24N2O2/c18-13-17-16-12-8-4-2-1-3-5-9-14-10-6-7-11-15(14)19/h6-7,10-11,13,16,19H,1-5,8-9,12H2,(H,17,18). The smallest absolute Gasteiger partial charge is 0.221 e. The third-order valence-electron chi connectivity index (χ3n) is 3.15. The molecule has 0 heterocycles. The molecule has 0 atom stereocenters. The molecule has 3 N–H and O–H groups in total. The van der Waals surface area contributed by atoms with Crippen molar-refractivity contribution in [1.29, 1.82) is 0 Å². The van der Waals surface area contributed by atoms with Crippen LogP contribution in [0, 0.1) is 0 Å². The van der Waals surface area contributed by atoms with Gasteiger partial charge in [-0.25, -0.2) is 5.43 Å². The Labute approximate surface area is 115 Å². The minimum atomic E-state index is 0.413. The normalized spacial score (nSPS) is 10.3. The molecule has 0 saturated carbocycles. The van der Waals surface area contributed by atoms with Crippen LogP contribution >= 0.6 is 0 Å². The SMILES string of the molecule is O=CNNCCCCCCCCc1ccccc1O. The van der Waals surface area contributed by atoms with Crippen molar-refractivity contribution < 1.29 is 9.90 Å². The first kappa shape index (κ1) is 15.5. The minimum absolute atomic E-state index is 0.413. The van der Waals surface area contributed by atoms with Crippen LogP contribution in [0.1, 0.15) is 44.1 Å². The maximum absolute atomic E-state index is 9.96. The lowest BCUT2D eigenvalue weighted by molar-refractivity contribution is -0.110. The molecule has 0 aliphatic carbocycles. The molecular formula is C15H24N2O2. The number of para-hydroxylation sites is 1. The highest BCUT2D eigenvalue weighted by atomic mass is 16.3. The first-order valence-electron chi connectivity index (χ1n) is 7.03. The summed E-state index contributed by atoms with van der Waals surface area (Å²) in [6, 6.07) is 7.55. The number of nitrogens with one attached hydrogen (secondary N) is 2. The van der Waals surface area contributed by atoms with Gasteiger partial charge in [0.15, 0.2) is 0 Å². The summed E-state index contributed by atoms with van der Waals surface area (Å²) < 4.78 is 0. The van der Waals surface area contributed by atoms with Crippen LogP contribution < -0.4 is 10.9 Å². The maximum atomic E-state index is 9.96. The predicted octanol–water partition coefficient (Wildman–Crippen LogP) is 2.53. The molecule has 0 bridgehead atoms. The van der Waals surface area contributed by atoms with Gasteiger partial charge in [-0.3, -0.25) is 10.2 Å². The minimum Gasteiger partial charge on any atom is -0.508 e. The summed E-state index contributed by atoms with van der Waals surface area (Å²) in [7, 11) is 0. The number of rotatable bonds is 11. The summed E-state index contributed by atoms with van der Waals surface area (Å²) in [5, 5.41) is 9.62. The van der Waals surface area contributed by atoms with Gasteiger partial charge in [0, 0.05) is 6.54 Å². The van der Waals surface area contributed by atoms with Crippen LogP contribution in [-0.4, -0.2) is 18.1 Å². The van der Waals surface area contributed by atoms with Crippen molar-refractivity contribution in [2.45, 2.75) is 44.9 Å². The number of phenols is 1. The quantitative estimate of drug-likeness (QED) is 0.327. The molecule has 4 nitrogen and oxygen atoms in total. The van der Waals surface area contributed by atoms with Gasteiger partial charge in [-0.1, -0.05) is 43.9 Å². The van der Waals surface area contributed by atoms with Crippen LogP contribution in [0.5, 0.6) is 5.75 Å². The lowest BCUT2D eigenvalue weighted by Gasteiger charge is -2.05. The highest BCUT2D eigenvalue weighted by Gasteiger charge is 1.99. The molecule has 0 aromatic heterocycles. The van der Waals surface area contributed by atoms with E-state index < -0.39 is 0 Å². The van der Waals surface area contributed by atoms with Crippen molar-refractivity contribution in [3.8, 4) is 5.75 Å². The number of amides is 1. The molecule has 1 amide bonds. The zero-order chi connectivity index (χ0) is 13.8. The lowest BCUT2D eigenvalue weighted by Crippen LogP contribution is -2.30. The first-order valence-corrected chi connectivity index (χ1v) is 7.03. The summed E-state index contributed by atoms with van der Waals surface area (Å²) >= 11 is 0. The lowest BCUT2D eigenvalue weighted by atomic mass is 10.0. The molecule has 1 aromatic carbocycles. The summed E-state index contributed by atoms with van der Waals surface area (Å²) in [6.45, 7) is 0.830. The Bertz CT molecular complexity index is 356. The van der Waals surface area contributed by atoms with Crippen molar-refractivity contribution in [2.75, 3.05) is 6.54 Å². The highest BCUT2D eigenvalue weighted by Crippen LogP contribution is 2.18. The van der Waals surface area contributed by atoms with Gasteiger partial charge in [0.05, 0.1) is 0 Å². The van der Waals surface area contributed by atoms with E-state index in [0.717, 1.165) is 31.4 Å². The van der Waals surface area contributed by atoms with E-state index in [1.165, 1.54) is 25.7 Å². The van der Waals surface area contributed by atoms with Gasteiger partial charge in [-0.15, -0.1) is 0 Å². The molecule has 0 aliphatic heterocycles. The topological polar surface area (TPSA) is 61.4 Å². The number of carbonyl (C=O) groups is 1. The number of aromatic hydroxyl groups is 1. The van der Waals surface area contributed by atoms with Gasteiger partial charge < -0.3 is 5.11 Å². The molecule has 0 spiro atoms. The highest BCUT2D eigenvalue weighted by molar-refractivity contribution is 5.44. The van der Waals surface area contributed by atoms with Gasteiger partial charge >= 0.3 is 0 Å². The second-order valence-corrected chi connectivity index (χ2v) is 4.69. The second kappa shape index (κ2) is 10.4. The molecular weight excluding hydrogens is 240 g/mol. The van der Waals surface area contributed by atoms with Gasteiger partial charge in [0.1, 0.15) is 5.75 Å². The molecule has 0 unspecified atom stereocenters. The Kier molecular flexibility index (Phi) is 8.47. The fourth-order valence-electron chi connectivity index (χ4n) is 2.07. The number of unbranched alkanes of at least 4 members (excludes halogenated alkanes) is 5. The molecule has 1 rings (SSSR count). The number of hydrogen-bond acceptors (Lipinski definition) is 3. The number of hydrazine groups is 1. The third-order valence-corrected chi connectivity index (χ3v) is 3.15. The Morgan fingerprint density at radius 1 is 1.00 bits per heavy atom. The molecule has 0 radical (unpaired) electrons. The number of carbonyl (C=O) groups excluding carboxylic acids is 1. The van der Waals surface area contributed by atoms with Gasteiger partial charge in [0.2, 0.25) is 6.41 Å². The zero-order valence-electron chi connectivity index (χ0n) is 11.4. The van der Waals surface area contributed by atoms with Crippen LogP contribution in [-0.2, 0) is 11.2 Å². The Morgan fingerprint density at radius 3 is 2.42 bits per heavy atom. The number of aryl methyl sites for hydroxylation is 1. The molecule has 0 fully saturated rings. The van der Waals surface area contributed by atoms with Crippen LogP contribution in [0.25, 0.3) is 0 Å². The van der Waals surface area contributed by atoms with E-state index in [9.17, 15) is 9.90 Å². The van der Waals surface area contributed by atoms with Crippen molar-refractivity contribution >= 4 is 6.41 Å². The van der Waals surface area contributed by atoms with Crippen molar-refractivity contribution in [1.82, 2.24) is 10.9 Å². The number of benzene rings is 1. The Balaban J connectivity index is 1.91. The van der Waals surface area contributed by atoms with E-state index in [1.807, 2.05) is 18.2 Å². The van der Waals surface area contributed by atoms with E-state index in [4.69, 9.17) is 0 Å². The molecule has 1 aromatic rings. The molecule has 4 heteroatoms. The number of hydrogen-bond donors (Lipinski definition) is 3. The van der Waals surface area contributed by atoms with E-state index in [0.29, 0.717) is 12.2 Å². The van der Waals surface area contributed by atoms with Crippen molar-refractivity contribution in [2.24, 2.45) is 0 Å². The first-order chi connectivity index (χ1) is 9.34. The van der Waals surface area contributed by atoms with E-state index in [1.54, 1.807) is 6.07 Å². The Hall–Kier alpha value is -1.55. The molecule has 19 heavy (non-hydrogen) atoms. The zero-order valence-corrected chi connectivity index (χ0v) is 11.4. The molecule has 0 aliphatic rings. The summed E-state index contributed by atoms with van der Waals surface area (Å²) in [4.78, 5) is 9.96. The van der Waals surface area contributed by atoms with Crippen LogP contribution in [0.3, 0.4) is 0 Å². The molecule has 0 saturated heterocycles. The maximum Gasteiger partial charge on any atom is 0.221 e. The van der Waals surface area contributed by atoms with Crippen molar-refractivity contribution in [3.63, 3.8) is 0 Å². The van der Waals surface area contributed by atoms with Crippen molar-refractivity contribution in [3.05, 3.63) is 29.8 Å². The largest absolute Gasteiger partial charge is 0.508 e. The number of phenolic OH excluding ortho intramolecular Hbond substituents is 1. The van der Waals surface area contributed by atoms with Crippen LogP contribution in [0.2, 0.25) is 0 Å². The van der Waals surface area contributed by atoms with Gasteiger partial charge in [-0.05, 0) is 30.9 Å². The average molecular weight is 264 g/mol. The molecule has 106 valence electrons. The second-order valence-electron chi connectivity index (χ2n) is 4.69. The van der Waals surface area contributed by atoms with E-state index in [2.05, 4.69) is 10.9 Å². The monoisotopic (exact) mass is 264 g/mol. The average Bonchev–Trinajstić information content (AvgIpc) is 2.43. The van der Waals surface area contributed by atoms with Gasteiger partial charge in [-0.2, -0.15) is 0 Å². The van der Waals surface area contributed by atoms with E-state index >= 15 is 0 Å². The van der Waals surface area contributed by atoms with E-state index in [-0.39, 0.29) is 0 Å². The third kappa shape index (κ3) is 7.47. The summed E-state index contributed by atoms with van der Waals surface area (Å²) in [6.07, 6.45) is 8.66.